The molecule has 1 amide bonds. The average Bonchev–Trinajstić information content (AvgIpc) is 2.39. The minimum atomic E-state index is -0.275. The molecule has 0 saturated heterocycles. The Bertz CT molecular complexity index is 130. The molecule has 0 heterocycles. The highest BCUT2D eigenvalue weighted by Gasteiger charge is 2.14. The molecule has 3 nitrogen and oxygen atoms in total. The number of primary amides is 1. The van der Waals surface area contributed by atoms with Gasteiger partial charge in [0.2, 0.25) is 5.91 Å². The first kappa shape index (κ1) is 8.53. The van der Waals surface area contributed by atoms with Gasteiger partial charge in [0.25, 0.3) is 0 Å². The summed E-state index contributed by atoms with van der Waals surface area (Å²) in [6, 6.07) is 0. The summed E-state index contributed by atoms with van der Waals surface area (Å²) in [5.41, 5.74) is 4.96. The van der Waals surface area contributed by atoms with Crippen LogP contribution in [-0.4, -0.2) is 18.6 Å². The van der Waals surface area contributed by atoms with Gasteiger partial charge in [0.1, 0.15) is 0 Å². The fraction of sp³-hybridized carbons (Fsp3) is 0.875. The van der Waals surface area contributed by atoms with Crippen LogP contribution in [0.5, 0.6) is 0 Å². The second-order valence-corrected chi connectivity index (χ2v) is 2.99. The molecule has 0 aromatic heterocycles. The molecule has 11 heavy (non-hydrogen) atoms. The van der Waals surface area contributed by atoms with Crippen LogP contribution in [0.4, 0.5) is 0 Å². The van der Waals surface area contributed by atoms with Crippen molar-refractivity contribution in [1.29, 1.82) is 0 Å². The van der Waals surface area contributed by atoms with E-state index in [2.05, 4.69) is 0 Å². The van der Waals surface area contributed by atoms with Crippen LogP contribution in [0, 0.1) is 0 Å². The monoisotopic (exact) mass is 157 g/mol. The van der Waals surface area contributed by atoms with E-state index in [0.29, 0.717) is 19.1 Å². The van der Waals surface area contributed by atoms with Gasteiger partial charge in [-0.05, 0) is 12.8 Å². The molecule has 0 bridgehead atoms. The molecule has 2 N–H and O–H groups in total. The first-order valence-corrected chi connectivity index (χ1v) is 4.19. The Morgan fingerprint density at radius 3 is 2.64 bits per heavy atom. The quantitative estimate of drug-likeness (QED) is 0.656. The third-order valence-electron chi connectivity index (χ3n) is 2.00. The van der Waals surface area contributed by atoms with Crippen LogP contribution in [-0.2, 0) is 9.53 Å². The summed E-state index contributed by atoms with van der Waals surface area (Å²) in [6.45, 7) is 0.500. The Kier molecular flexibility index (Phi) is 3.36. The summed E-state index contributed by atoms with van der Waals surface area (Å²) in [4.78, 5) is 10.3. The molecule has 0 aromatic carbocycles. The normalized spacial score (nSPS) is 18.9. The number of rotatable bonds is 4. The standard InChI is InChI=1S/C8H15NO2/c9-8(10)5-6-11-7-3-1-2-4-7/h7H,1-6H2,(H2,9,10). The Hall–Kier alpha value is -0.570. The van der Waals surface area contributed by atoms with Crippen LogP contribution in [0.2, 0.25) is 0 Å². The van der Waals surface area contributed by atoms with Crippen molar-refractivity contribution >= 4 is 5.91 Å². The Balaban J connectivity index is 1.98. The predicted octanol–water partition coefficient (Wildman–Crippen LogP) is 0.821. The van der Waals surface area contributed by atoms with Gasteiger partial charge in [0.15, 0.2) is 0 Å². The second-order valence-electron chi connectivity index (χ2n) is 2.99. The average molecular weight is 157 g/mol. The van der Waals surface area contributed by atoms with Gasteiger partial charge in [-0.3, -0.25) is 4.79 Å². The van der Waals surface area contributed by atoms with Crippen LogP contribution < -0.4 is 5.73 Å². The Morgan fingerprint density at radius 2 is 2.09 bits per heavy atom. The molecular weight excluding hydrogens is 142 g/mol. The summed E-state index contributed by atoms with van der Waals surface area (Å²) in [5, 5.41) is 0. The van der Waals surface area contributed by atoms with Gasteiger partial charge in [0.05, 0.1) is 12.7 Å². The number of carbonyl (C=O) groups excluding carboxylic acids is 1. The summed E-state index contributed by atoms with van der Waals surface area (Å²) >= 11 is 0. The van der Waals surface area contributed by atoms with Gasteiger partial charge in [-0.25, -0.2) is 0 Å². The Morgan fingerprint density at radius 1 is 1.45 bits per heavy atom. The summed E-state index contributed by atoms with van der Waals surface area (Å²) in [6.07, 6.45) is 5.59. The van der Waals surface area contributed by atoms with E-state index in [0.717, 1.165) is 12.8 Å². The fourth-order valence-electron chi connectivity index (χ4n) is 1.38. The van der Waals surface area contributed by atoms with Gasteiger partial charge in [0, 0.05) is 6.42 Å². The molecule has 1 fully saturated rings. The van der Waals surface area contributed by atoms with Crippen LogP contribution in [0.1, 0.15) is 32.1 Å². The van der Waals surface area contributed by atoms with E-state index in [1.807, 2.05) is 0 Å². The topological polar surface area (TPSA) is 52.3 Å². The maximum Gasteiger partial charge on any atom is 0.219 e. The molecule has 1 aliphatic rings. The highest BCUT2D eigenvalue weighted by molar-refractivity contribution is 5.73. The zero-order valence-electron chi connectivity index (χ0n) is 6.71. The molecule has 1 rings (SSSR count). The van der Waals surface area contributed by atoms with Crippen molar-refractivity contribution in [3.8, 4) is 0 Å². The predicted molar refractivity (Wildman–Crippen MR) is 42.0 cm³/mol. The molecule has 3 heteroatoms. The third kappa shape index (κ3) is 3.37. The third-order valence-corrected chi connectivity index (χ3v) is 2.00. The maximum atomic E-state index is 10.3. The van der Waals surface area contributed by atoms with Crippen LogP contribution in [0.25, 0.3) is 0 Å². The molecule has 0 unspecified atom stereocenters. The smallest absolute Gasteiger partial charge is 0.219 e. The van der Waals surface area contributed by atoms with E-state index in [9.17, 15) is 4.79 Å². The molecule has 1 saturated carbocycles. The van der Waals surface area contributed by atoms with Crippen LogP contribution >= 0.6 is 0 Å². The SMILES string of the molecule is NC(=O)CCOC1CCCC1. The van der Waals surface area contributed by atoms with Gasteiger partial charge in [-0.2, -0.15) is 0 Å². The van der Waals surface area contributed by atoms with Gasteiger partial charge in [-0.15, -0.1) is 0 Å². The number of nitrogens with two attached hydrogens (primary N) is 1. The summed E-state index contributed by atoms with van der Waals surface area (Å²) < 4.78 is 5.41. The number of hydrogen-bond donors (Lipinski definition) is 1. The maximum absolute atomic E-state index is 10.3. The largest absolute Gasteiger partial charge is 0.378 e. The zero-order valence-corrected chi connectivity index (χ0v) is 6.71. The van der Waals surface area contributed by atoms with Crippen molar-refractivity contribution in [1.82, 2.24) is 0 Å². The van der Waals surface area contributed by atoms with Crippen molar-refractivity contribution in [2.45, 2.75) is 38.2 Å². The number of hydrogen-bond acceptors (Lipinski definition) is 2. The highest BCUT2D eigenvalue weighted by Crippen LogP contribution is 2.20. The van der Waals surface area contributed by atoms with E-state index >= 15 is 0 Å². The first-order chi connectivity index (χ1) is 5.29. The number of amides is 1. The zero-order chi connectivity index (χ0) is 8.10. The fourth-order valence-corrected chi connectivity index (χ4v) is 1.38. The van der Waals surface area contributed by atoms with E-state index < -0.39 is 0 Å². The number of ether oxygens (including phenoxy) is 1. The summed E-state index contributed by atoms with van der Waals surface area (Å²) in [7, 11) is 0. The highest BCUT2D eigenvalue weighted by atomic mass is 16.5. The van der Waals surface area contributed by atoms with Crippen LogP contribution in [0.3, 0.4) is 0 Å². The molecule has 0 radical (unpaired) electrons. The minimum Gasteiger partial charge on any atom is -0.378 e. The molecule has 1 aliphatic carbocycles. The van der Waals surface area contributed by atoms with Crippen molar-refractivity contribution in [3.63, 3.8) is 0 Å². The molecule has 0 aliphatic heterocycles. The lowest BCUT2D eigenvalue weighted by atomic mass is 10.3. The van der Waals surface area contributed by atoms with Crippen molar-refractivity contribution in [2.24, 2.45) is 5.73 Å². The van der Waals surface area contributed by atoms with Gasteiger partial charge >= 0.3 is 0 Å². The van der Waals surface area contributed by atoms with Crippen molar-refractivity contribution in [2.75, 3.05) is 6.61 Å². The molecule has 0 atom stereocenters. The van der Waals surface area contributed by atoms with Crippen molar-refractivity contribution < 1.29 is 9.53 Å². The molecule has 0 spiro atoms. The minimum absolute atomic E-state index is 0.275. The van der Waals surface area contributed by atoms with Gasteiger partial charge < -0.3 is 10.5 Å². The van der Waals surface area contributed by atoms with E-state index in [-0.39, 0.29) is 5.91 Å². The lowest BCUT2D eigenvalue weighted by Crippen LogP contribution is -2.16. The molecule has 0 aromatic rings. The lowest BCUT2D eigenvalue weighted by molar-refractivity contribution is -0.119. The Labute approximate surface area is 66.9 Å². The summed E-state index contributed by atoms with van der Waals surface area (Å²) in [5.74, 6) is -0.275. The van der Waals surface area contributed by atoms with Gasteiger partial charge in [-0.1, -0.05) is 12.8 Å². The second kappa shape index (κ2) is 4.34. The van der Waals surface area contributed by atoms with E-state index in [1.54, 1.807) is 0 Å². The molecule has 64 valence electrons. The van der Waals surface area contributed by atoms with E-state index in [1.165, 1.54) is 12.8 Å². The number of carbonyl (C=O) groups is 1. The molecular formula is C8H15NO2. The first-order valence-electron chi connectivity index (χ1n) is 4.19. The lowest BCUT2D eigenvalue weighted by Gasteiger charge is -2.08. The van der Waals surface area contributed by atoms with Crippen LogP contribution in [0.15, 0.2) is 0 Å². The van der Waals surface area contributed by atoms with E-state index in [4.69, 9.17) is 10.5 Å². The van der Waals surface area contributed by atoms with Crippen molar-refractivity contribution in [3.05, 3.63) is 0 Å².